The SMILES string of the molecule is CC(=O)Nc1cccc(S(=O)(=O)N2CCOC[C@@H](CN(C)C)C2)c1. The van der Waals surface area contributed by atoms with Crippen LogP contribution in [0.25, 0.3) is 0 Å². The van der Waals surface area contributed by atoms with Crippen molar-refractivity contribution in [2.45, 2.75) is 11.8 Å². The zero-order valence-electron chi connectivity index (χ0n) is 14.4. The Balaban J connectivity index is 2.23. The van der Waals surface area contributed by atoms with E-state index >= 15 is 0 Å². The molecular formula is C16H25N3O4S. The molecule has 1 aromatic rings. The molecule has 8 heteroatoms. The van der Waals surface area contributed by atoms with Gasteiger partial charge in [-0.05, 0) is 32.3 Å². The van der Waals surface area contributed by atoms with Crippen LogP contribution >= 0.6 is 0 Å². The van der Waals surface area contributed by atoms with Gasteiger partial charge in [0.05, 0.1) is 18.1 Å². The molecule has 24 heavy (non-hydrogen) atoms. The summed E-state index contributed by atoms with van der Waals surface area (Å²) in [7, 11) is 0.289. The molecule has 0 bridgehead atoms. The highest BCUT2D eigenvalue weighted by Gasteiger charge is 2.29. The van der Waals surface area contributed by atoms with Crippen molar-refractivity contribution < 1.29 is 17.9 Å². The van der Waals surface area contributed by atoms with Gasteiger partial charge in [-0.1, -0.05) is 6.07 Å². The second kappa shape index (κ2) is 8.06. The van der Waals surface area contributed by atoms with Gasteiger partial charge in [-0.2, -0.15) is 4.31 Å². The minimum atomic E-state index is -3.63. The van der Waals surface area contributed by atoms with E-state index in [2.05, 4.69) is 5.32 Å². The van der Waals surface area contributed by atoms with Crippen molar-refractivity contribution in [2.24, 2.45) is 5.92 Å². The van der Waals surface area contributed by atoms with Crippen LogP contribution < -0.4 is 5.32 Å². The third-order valence-electron chi connectivity index (χ3n) is 3.72. The van der Waals surface area contributed by atoms with Crippen molar-refractivity contribution in [1.29, 1.82) is 0 Å². The monoisotopic (exact) mass is 355 g/mol. The molecule has 0 unspecified atom stereocenters. The Morgan fingerprint density at radius 2 is 2.17 bits per heavy atom. The first-order chi connectivity index (χ1) is 11.3. The van der Waals surface area contributed by atoms with Gasteiger partial charge in [0.25, 0.3) is 0 Å². The molecule has 1 aliphatic heterocycles. The number of ether oxygens (including phenoxy) is 1. The zero-order valence-corrected chi connectivity index (χ0v) is 15.2. The number of rotatable bonds is 5. The Labute approximate surface area is 143 Å². The molecule has 1 N–H and O–H groups in total. The number of nitrogens with zero attached hydrogens (tertiary/aromatic N) is 2. The summed E-state index contributed by atoms with van der Waals surface area (Å²) < 4.78 is 32.9. The second-order valence-electron chi connectivity index (χ2n) is 6.28. The average molecular weight is 355 g/mol. The molecule has 134 valence electrons. The van der Waals surface area contributed by atoms with Crippen LogP contribution in [0, 0.1) is 5.92 Å². The molecule has 0 aliphatic carbocycles. The van der Waals surface area contributed by atoms with Crippen LogP contribution in [0.15, 0.2) is 29.2 Å². The maximum atomic E-state index is 13.0. The predicted molar refractivity (Wildman–Crippen MR) is 92.4 cm³/mol. The number of sulfonamides is 1. The Kier molecular flexibility index (Phi) is 6.34. The van der Waals surface area contributed by atoms with E-state index in [0.717, 1.165) is 6.54 Å². The quantitative estimate of drug-likeness (QED) is 0.847. The van der Waals surface area contributed by atoms with Gasteiger partial charge in [0.15, 0.2) is 0 Å². The van der Waals surface area contributed by atoms with E-state index in [-0.39, 0.29) is 16.7 Å². The number of anilines is 1. The summed E-state index contributed by atoms with van der Waals surface area (Å²) in [6.07, 6.45) is 0. The van der Waals surface area contributed by atoms with Crippen LogP contribution in [0.5, 0.6) is 0 Å². The van der Waals surface area contributed by atoms with Crippen molar-refractivity contribution in [2.75, 3.05) is 52.3 Å². The number of benzene rings is 1. The minimum Gasteiger partial charge on any atom is -0.380 e. The van der Waals surface area contributed by atoms with E-state index in [1.165, 1.54) is 17.3 Å². The highest BCUT2D eigenvalue weighted by Crippen LogP contribution is 2.22. The number of carbonyl (C=O) groups is 1. The molecule has 7 nitrogen and oxygen atoms in total. The van der Waals surface area contributed by atoms with E-state index in [1.54, 1.807) is 18.2 Å². The zero-order chi connectivity index (χ0) is 17.7. The van der Waals surface area contributed by atoms with E-state index in [1.807, 2.05) is 19.0 Å². The number of carbonyl (C=O) groups excluding carboxylic acids is 1. The summed E-state index contributed by atoms with van der Waals surface area (Å²) in [4.78, 5) is 13.4. The lowest BCUT2D eigenvalue weighted by Gasteiger charge is -2.25. The van der Waals surface area contributed by atoms with Crippen LogP contribution in [0.2, 0.25) is 0 Å². The van der Waals surface area contributed by atoms with Gasteiger partial charge in [-0.25, -0.2) is 8.42 Å². The largest absolute Gasteiger partial charge is 0.380 e. The van der Waals surface area contributed by atoms with Gasteiger partial charge in [-0.15, -0.1) is 0 Å². The smallest absolute Gasteiger partial charge is 0.243 e. The molecule has 1 aromatic carbocycles. The molecule has 2 rings (SSSR count). The highest BCUT2D eigenvalue weighted by molar-refractivity contribution is 7.89. The Bertz CT molecular complexity index is 676. The number of hydrogen-bond donors (Lipinski definition) is 1. The van der Waals surface area contributed by atoms with Crippen LogP contribution in [-0.4, -0.2) is 70.5 Å². The Morgan fingerprint density at radius 1 is 1.42 bits per heavy atom. The first kappa shape index (κ1) is 18.9. The maximum Gasteiger partial charge on any atom is 0.243 e. The predicted octanol–water partition coefficient (Wildman–Crippen LogP) is 0.844. The summed E-state index contributed by atoms with van der Waals surface area (Å²) in [5, 5.41) is 2.61. The van der Waals surface area contributed by atoms with E-state index in [9.17, 15) is 13.2 Å². The van der Waals surface area contributed by atoms with Gasteiger partial charge < -0.3 is 15.0 Å². The molecule has 0 radical (unpaired) electrons. The summed E-state index contributed by atoms with van der Waals surface area (Å²) in [5.74, 6) is -0.116. The molecule has 1 heterocycles. The van der Waals surface area contributed by atoms with Crippen molar-refractivity contribution in [3.63, 3.8) is 0 Å². The fraction of sp³-hybridized carbons (Fsp3) is 0.562. The summed E-state index contributed by atoms with van der Waals surface area (Å²) >= 11 is 0. The van der Waals surface area contributed by atoms with Crippen molar-refractivity contribution in [3.05, 3.63) is 24.3 Å². The first-order valence-electron chi connectivity index (χ1n) is 7.89. The molecule has 0 saturated carbocycles. The molecule has 1 fully saturated rings. The molecule has 1 atom stereocenters. The Morgan fingerprint density at radius 3 is 2.83 bits per heavy atom. The van der Waals surface area contributed by atoms with Crippen LogP contribution in [0.3, 0.4) is 0 Å². The third-order valence-corrected chi connectivity index (χ3v) is 5.58. The highest BCUT2D eigenvalue weighted by atomic mass is 32.2. The van der Waals surface area contributed by atoms with Crippen molar-refractivity contribution in [1.82, 2.24) is 9.21 Å². The summed E-state index contributed by atoms with van der Waals surface area (Å²) in [6, 6.07) is 6.33. The van der Waals surface area contributed by atoms with Gasteiger partial charge in [0.1, 0.15) is 0 Å². The standard InChI is InChI=1S/C16H25N3O4S/c1-13(20)17-15-5-4-6-16(9-15)24(21,22)19-7-8-23-12-14(11-19)10-18(2)3/h4-6,9,14H,7-8,10-12H2,1-3H3,(H,17,20)/t14-/m0/s1. The van der Waals surface area contributed by atoms with E-state index in [4.69, 9.17) is 4.74 Å². The average Bonchev–Trinajstić information content (AvgIpc) is 2.72. The fourth-order valence-electron chi connectivity index (χ4n) is 2.78. The number of nitrogens with one attached hydrogen (secondary N) is 1. The lowest BCUT2D eigenvalue weighted by molar-refractivity contribution is -0.114. The topological polar surface area (TPSA) is 79.0 Å². The minimum absolute atomic E-state index is 0.121. The maximum absolute atomic E-state index is 13.0. The van der Waals surface area contributed by atoms with Gasteiger partial charge in [0, 0.05) is 38.2 Å². The summed E-state index contributed by atoms with van der Waals surface area (Å²) in [6.45, 7) is 3.84. The second-order valence-corrected chi connectivity index (χ2v) is 8.21. The fourth-order valence-corrected chi connectivity index (χ4v) is 4.33. The molecular weight excluding hydrogens is 330 g/mol. The number of amides is 1. The van der Waals surface area contributed by atoms with Gasteiger partial charge >= 0.3 is 0 Å². The molecule has 0 spiro atoms. The van der Waals surface area contributed by atoms with E-state index < -0.39 is 10.0 Å². The molecule has 1 aliphatic rings. The van der Waals surface area contributed by atoms with Crippen molar-refractivity contribution in [3.8, 4) is 0 Å². The van der Waals surface area contributed by atoms with Gasteiger partial charge in [0.2, 0.25) is 15.9 Å². The third kappa shape index (κ3) is 5.01. The molecule has 1 saturated heterocycles. The molecule has 0 aromatic heterocycles. The number of hydrogen-bond acceptors (Lipinski definition) is 5. The van der Waals surface area contributed by atoms with Gasteiger partial charge in [-0.3, -0.25) is 4.79 Å². The van der Waals surface area contributed by atoms with Crippen LogP contribution in [-0.2, 0) is 19.6 Å². The summed E-state index contributed by atoms with van der Waals surface area (Å²) in [5.41, 5.74) is 0.472. The van der Waals surface area contributed by atoms with E-state index in [0.29, 0.717) is 32.0 Å². The lowest BCUT2D eigenvalue weighted by Crippen LogP contribution is -2.38. The van der Waals surface area contributed by atoms with Crippen LogP contribution in [0.4, 0.5) is 5.69 Å². The van der Waals surface area contributed by atoms with Crippen molar-refractivity contribution >= 4 is 21.6 Å². The Hall–Kier alpha value is -1.48. The normalized spacial score (nSPS) is 19.9. The lowest BCUT2D eigenvalue weighted by atomic mass is 10.1. The van der Waals surface area contributed by atoms with Crippen LogP contribution in [0.1, 0.15) is 6.92 Å². The first-order valence-corrected chi connectivity index (χ1v) is 9.33. The molecule has 1 amide bonds.